The van der Waals surface area contributed by atoms with Crippen LogP contribution in [0.25, 0.3) is 0 Å². The van der Waals surface area contributed by atoms with E-state index in [1.165, 1.54) is 6.07 Å². The molecule has 1 heterocycles. The van der Waals surface area contributed by atoms with Gasteiger partial charge < -0.3 is 4.90 Å². The number of halogens is 2. The van der Waals surface area contributed by atoms with E-state index in [0.717, 1.165) is 6.42 Å². The molecule has 0 aliphatic carbocycles. The molecule has 0 saturated carbocycles. The van der Waals surface area contributed by atoms with E-state index in [9.17, 15) is 9.18 Å². The first-order valence-corrected chi connectivity index (χ1v) is 5.24. The van der Waals surface area contributed by atoms with Gasteiger partial charge in [0.25, 0.3) is 0 Å². The van der Waals surface area contributed by atoms with Crippen LogP contribution in [0.15, 0.2) is 22.7 Å². The highest BCUT2D eigenvalue weighted by Gasteiger charge is 2.24. The van der Waals surface area contributed by atoms with Crippen molar-refractivity contribution in [3.63, 3.8) is 0 Å². The molecular formula is C10H9BrFNO. The van der Waals surface area contributed by atoms with Crippen molar-refractivity contribution in [1.29, 1.82) is 0 Å². The van der Waals surface area contributed by atoms with Gasteiger partial charge in [0.05, 0.1) is 10.2 Å². The summed E-state index contributed by atoms with van der Waals surface area (Å²) in [6.07, 6.45) is 1.41. The monoisotopic (exact) mass is 257 g/mol. The lowest BCUT2D eigenvalue weighted by Crippen LogP contribution is -2.24. The average molecular weight is 258 g/mol. The van der Waals surface area contributed by atoms with Crippen molar-refractivity contribution in [2.75, 3.05) is 11.4 Å². The SMILES string of the molecule is O=C1CCCN1c1cccc(F)c1Br. The van der Waals surface area contributed by atoms with Crippen molar-refractivity contribution in [3.05, 3.63) is 28.5 Å². The Morgan fingerprint density at radius 1 is 1.43 bits per heavy atom. The van der Waals surface area contributed by atoms with Gasteiger partial charge in [-0.2, -0.15) is 0 Å². The molecule has 1 aliphatic heterocycles. The lowest BCUT2D eigenvalue weighted by molar-refractivity contribution is -0.117. The van der Waals surface area contributed by atoms with Crippen LogP contribution in [0.4, 0.5) is 10.1 Å². The maximum Gasteiger partial charge on any atom is 0.227 e. The van der Waals surface area contributed by atoms with Gasteiger partial charge in [0, 0.05) is 13.0 Å². The summed E-state index contributed by atoms with van der Waals surface area (Å²) in [4.78, 5) is 13.0. The topological polar surface area (TPSA) is 20.3 Å². The second-order valence-electron chi connectivity index (χ2n) is 3.22. The summed E-state index contributed by atoms with van der Waals surface area (Å²) in [5, 5.41) is 0. The summed E-state index contributed by atoms with van der Waals surface area (Å²) >= 11 is 3.15. The molecule has 0 atom stereocenters. The minimum absolute atomic E-state index is 0.0660. The zero-order chi connectivity index (χ0) is 10.1. The summed E-state index contributed by atoms with van der Waals surface area (Å²) in [5.74, 6) is -0.265. The molecule has 1 aromatic carbocycles. The summed E-state index contributed by atoms with van der Waals surface area (Å²) in [6, 6.07) is 4.73. The van der Waals surface area contributed by atoms with Crippen LogP contribution in [0.2, 0.25) is 0 Å². The molecule has 74 valence electrons. The van der Waals surface area contributed by atoms with Crippen LogP contribution in [-0.4, -0.2) is 12.5 Å². The quantitative estimate of drug-likeness (QED) is 0.758. The van der Waals surface area contributed by atoms with Gasteiger partial charge in [-0.25, -0.2) is 4.39 Å². The molecule has 1 fully saturated rings. The van der Waals surface area contributed by atoms with Crippen LogP contribution >= 0.6 is 15.9 Å². The number of benzene rings is 1. The van der Waals surface area contributed by atoms with Crippen molar-refractivity contribution in [2.45, 2.75) is 12.8 Å². The second kappa shape index (κ2) is 3.69. The van der Waals surface area contributed by atoms with E-state index in [1.54, 1.807) is 17.0 Å². The van der Waals surface area contributed by atoms with E-state index in [0.29, 0.717) is 23.1 Å². The number of anilines is 1. The molecule has 1 aliphatic rings. The maximum absolute atomic E-state index is 13.2. The van der Waals surface area contributed by atoms with Gasteiger partial charge in [0.15, 0.2) is 0 Å². The summed E-state index contributed by atoms with van der Waals surface area (Å²) in [5.41, 5.74) is 0.632. The van der Waals surface area contributed by atoms with E-state index in [-0.39, 0.29) is 11.7 Å². The molecular weight excluding hydrogens is 249 g/mol. The fourth-order valence-corrected chi connectivity index (χ4v) is 2.08. The summed E-state index contributed by atoms with van der Waals surface area (Å²) < 4.78 is 13.5. The van der Waals surface area contributed by atoms with Crippen LogP contribution in [-0.2, 0) is 4.79 Å². The first-order valence-electron chi connectivity index (χ1n) is 4.44. The van der Waals surface area contributed by atoms with Gasteiger partial charge in [-0.05, 0) is 34.5 Å². The van der Waals surface area contributed by atoms with Gasteiger partial charge in [-0.15, -0.1) is 0 Å². The Balaban J connectivity index is 2.41. The van der Waals surface area contributed by atoms with Gasteiger partial charge in [-0.3, -0.25) is 4.79 Å². The fourth-order valence-electron chi connectivity index (χ4n) is 1.60. The first kappa shape index (κ1) is 9.65. The highest BCUT2D eigenvalue weighted by Crippen LogP contribution is 2.31. The van der Waals surface area contributed by atoms with Gasteiger partial charge in [0.1, 0.15) is 5.82 Å². The molecule has 0 N–H and O–H groups in total. The molecule has 14 heavy (non-hydrogen) atoms. The number of hydrogen-bond acceptors (Lipinski definition) is 1. The van der Waals surface area contributed by atoms with Crippen molar-refractivity contribution in [3.8, 4) is 0 Å². The Labute approximate surface area is 89.8 Å². The van der Waals surface area contributed by atoms with Crippen molar-refractivity contribution < 1.29 is 9.18 Å². The highest BCUT2D eigenvalue weighted by atomic mass is 79.9. The Morgan fingerprint density at radius 2 is 2.21 bits per heavy atom. The number of carbonyl (C=O) groups excluding carboxylic acids is 1. The van der Waals surface area contributed by atoms with E-state index < -0.39 is 0 Å². The van der Waals surface area contributed by atoms with Crippen LogP contribution in [0.3, 0.4) is 0 Å². The van der Waals surface area contributed by atoms with Gasteiger partial charge in [0.2, 0.25) is 5.91 Å². The van der Waals surface area contributed by atoms with Crippen molar-refractivity contribution in [1.82, 2.24) is 0 Å². The van der Waals surface area contributed by atoms with E-state index >= 15 is 0 Å². The Kier molecular flexibility index (Phi) is 2.54. The van der Waals surface area contributed by atoms with Crippen LogP contribution in [0.5, 0.6) is 0 Å². The standard InChI is InChI=1S/C10H9BrFNO/c11-10-7(12)3-1-4-8(10)13-6-2-5-9(13)14/h1,3-4H,2,5-6H2. The van der Waals surface area contributed by atoms with Gasteiger partial charge in [-0.1, -0.05) is 6.07 Å². The third-order valence-electron chi connectivity index (χ3n) is 2.30. The smallest absolute Gasteiger partial charge is 0.227 e. The number of rotatable bonds is 1. The number of carbonyl (C=O) groups is 1. The molecule has 4 heteroatoms. The number of amides is 1. The minimum atomic E-state index is -0.331. The van der Waals surface area contributed by atoms with E-state index in [1.807, 2.05) is 0 Å². The normalized spacial score (nSPS) is 16.4. The Morgan fingerprint density at radius 3 is 2.86 bits per heavy atom. The molecule has 2 rings (SSSR count). The zero-order valence-corrected chi connectivity index (χ0v) is 9.05. The highest BCUT2D eigenvalue weighted by molar-refractivity contribution is 9.10. The van der Waals surface area contributed by atoms with Crippen molar-refractivity contribution >= 4 is 27.5 Å². The molecule has 1 amide bonds. The predicted molar refractivity (Wildman–Crippen MR) is 55.7 cm³/mol. The molecule has 0 bridgehead atoms. The third-order valence-corrected chi connectivity index (χ3v) is 3.08. The van der Waals surface area contributed by atoms with Crippen LogP contribution in [0, 0.1) is 5.82 Å². The average Bonchev–Trinajstić information content (AvgIpc) is 2.57. The number of hydrogen-bond donors (Lipinski definition) is 0. The third kappa shape index (κ3) is 1.54. The number of nitrogens with zero attached hydrogens (tertiary/aromatic N) is 1. The minimum Gasteiger partial charge on any atom is -0.311 e. The molecule has 1 saturated heterocycles. The van der Waals surface area contributed by atoms with Gasteiger partial charge >= 0.3 is 0 Å². The van der Waals surface area contributed by atoms with Crippen molar-refractivity contribution in [2.24, 2.45) is 0 Å². The van der Waals surface area contributed by atoms with E-state index in [2.05, 4.69) is 15.9 Å². The molecule has 1 aromatic rings. The molecule has 0 radical (unpaired) electrons. The predicted octanol–water partition coefficient (Wildman–Crippen LogP) is 2.72. The summed E-state index contributed by atoms with van der Waals surface area (Å²) in [7, 11) is 0. The Bertz CT molecular complexity index is 380. The molecule has 0 aromatic heterocycles. The fraction of sp³-hybridized carbons (Fsp3) is 0.300. The molecule has 2 nitrogen and oxygen atoms in total. The molecule has 0 unspecified atom stereocenters. The molecule has 0 spiro atoms. The first-order chi connectivity index (χ1) is 6.70. The van der Waals surface area contributed by atoms with Crippen LogP contribution in [0.1, 0.15) is 12.8 Å². The lowest BCUT2D eigenvalue weighted by atomic mass is 10.3. The van der Waals surface area contributed by atoms with E-state index in [4.69, 9.17) is 0 Å². The zero-order valence-electron chi connectivity index (χ0n) is 7.46. The summed E-state index contributed by atoms with van der Waals surface area (Å²) in [6.45, 7) is 0.681. The second-order valence-corrected chi connectivity index (χ2v) is 4.01. The lowest BCUT2D eigenvalue weighted by Gasteiger charge is -2.17. The van der Waals surface area contributed by atoms with Crippen LogP contribution < -0.4 is 4.90 Å². The largest absolute Gasteiger partial charge is 0.311 e. The maximum atomic E-state index is 13.2. The Hall–Kier alpha value is -0.900.